The van der Waals surface area contributed by atoms with Crippen LogP contribution in [-0.4, -0.2) is 76.7 Å². The summed E-state index contributed by atoms with van der Waals surface area (Å²) in [6, 6.07) is 0.693. The minimum atomic E-state index is -1.78. The Morgan fingerprint density at radius 1 is 1.22 bits per heavy atom. The van der Waals surface area contributed by atoms with Crippen LogP contribution >= 0.6 is 0 Å². The number of carbonyl (C=O) groups is 2. The van der Waals surface area contributed by atoms with Gasteiger partial charge in [-0.05, 0) is 40.5 Å². The zero-order valence-electron chi connectivity index (χ0n) is 17.4. The lowest BCUT2D eigenvalue weighted by molar-refractivity contribution is -0.221. The molecule has 2 aliphatic rings. The van der Waals surface area contributed by atoms with Crippen LogP contribution in [0.15, 0.2) is 0 Å². The highest BCUT2D eigenvalue weighted by atomic mass is 16.6. The SMILES string of the molecule is CCN(C(=O)OC(C)(C)C)[C@](OCN1[C@@H]2CC[C@H]1CNC2)(C(=O)O)C(C)C. The third-order valence-corrected chi connectivity index (χ3v) is 5.38. The molecule has 2 saturated heterocycles. The Morgan fingerprint density at radius 2 is 1.78 bits per heavy atom. The number of aliphatic carboxylic acids is 1. The van der Waals surface area contributed by atoms with E-state index in [0.29, 0.717) is 12.1 Å². The zero-order chi connectivity index (χ0) is 20.4. The fraction of sp³-hybridized carbons (Fsp3) is 0.895. The molecule has 0 spiro atoms. The molecule has 0 aromatic carbocycles. The quantitative estimate of drug-likeness (QED) is 0.648. The first-order chi connectivity index (χ1) is 12.5. The molecule has 0 radical (unpaired) electrons. The normalized spacial score (nSPS) is 25.3. The average Bonchev–Trinajstić information content (AvgIpc) is 2.76. The Hall–Kier alpha value is -1.38. The first-order valence-electron chi connectivity index (χ1n) is 9.87. The molecule has 156 valence electrons. The van der Waals surface area contributed by atoms with Crippen molar-refractivity contribution in [2.45, 2.75) is 77.8 Å². The van der Waals surface area contributed by atoms with E-state index in [0.717, 1.165) is 25.9 Å². The highest BCUT2D eigenvalue weighted by molar-refractivity contribution is 5.83. The summed E-state index contributed by atoms with van der Waals surface area (Å²) >= 11 is 0. The maximum Gasteiger partial charge on any atom is 0.413 e. The van der Waals surface area contributed by atoms with E-state index >= 15 is 0 Å². The number of hydrogen-bond donors (Lipinski definition) is 2. The number of rotatable bonds is 7. The number of ether oxygens (including phenoxy) is 2. The van der Waals surface area contributed by atoms with E-state index in [1.807, 2.05) is 0 Å². The Balaban J connectivity index is 2.25. The maximum atomic E-state index is 12.8. The number of nitrogens with one attached hydrogen (secondary N) is 1. The number of piperazine rings is 1. The molecule has 0 aromatic rings. The van der Waals surface area contributed by atoms with Crippen molar-refractivity contribution >= 4 is 12.1 Å². The Morgan fingerprint density at radius 3 is 2.19 bits per heavy atom. The number of fused-ring (bicyclic) bond motifs is 2. The average molecular weight is 386 g/mol. The van der Waals surface area contributed by atoms with Gasteiger partial charge in [0.1, 0.15) is 12.3 Å². The van der Waals surface area contributed by atoms with Gasteiger partial charge >= 0.3 is 12.1 Å². The van der Waals surface area contributed by atoms with Crippen molar-refractivity contribution in [3.63, 3.8) is 0 Å². The van der Waals surface area contributed by atoms with Crippen molar-refractivity contribution in [1.29, 1.82) is 0 Å². The third kappa shape index (κ3) is 4.55. The molecule has 2 bridgehead atoms. The molecule has 8 nitrogen and oxygen atoms in total. The summed E-state index contributed by atoms with van der Waals surface area (Å²) in [6.45, 7) is 12.6. The van der Waals surface area contributed by atoms with Crippen molar-refractivity contribution in [1.82, 2.24) is 15.1 Å². The van der Waals surface area contributed by atoms with Crippen molar-refractivity contribution in [3.05, 3.63) is 0 Å². The van der Waals surface area contributed by atoms with Crippen LogP contribution in [0.4, 0.5) is 4.79 Å². The van der Waals surface area contributed by atoms with Gasteiger partial charge in [-0.25, -0.2) is 9.59 Å². The molecule has 2 heterocycles. The van der Waals surface area contributed by atoms with Crippen molar-refractivity contribution < 1.29 is 24.2 Å². The van der Waals surface area contributed by atoms with E-state index in [1.165, 1.54) is 4.90 Å². The lowest BCUT2D eigenvalue weighted by atomic mass is 9.97. The topological polar surface area (TPSA) is 91.3 Å². The minimum Gasteiger partial charge on any atom is -0.478 e. The number of likely N-dealkylation sites (N-methyl/N-ethyl adjacent to an activating group) is 1. The van der Waals surface area contributed by atoms with Gasteiger partial charge < -0.3 is 19.9 Å². The van der Waals surface area contributed by atoms with Crippen LogP contribution in [0.1, 0.15) is 54.4 Å². The lowest BCUT2D eigenvalue weighted by Crippen LogP contribution is -2.64. The van der Waals surface area contributed by atoms with Crippen LogP contribution in [0.5, 0.6) is 0 Å². The molecule has 2 rings (SSSR count). The molecular weight excluding hydrogens is 350 g/mol. The van der Waals surface area contributed by atoms with Crippen LogP contribution in [0, 0.1) is 5.92 Å². The minimum absolute atomic E-state index is 0.174. The van der Waals surface area contributed by atoms with Crippen LogP contribution in [0.25, 0.3) is 0 Å². The first-order valence-corrected chi connectivity index (χ1v) is 9.87. The van der Waals surface area contributed by atoms with Gasteiger partial charge in [-0.2, -0.15) is 0 Å². The van der Waals surface area contributed by atoms with Gasteiger partial charge in [-0.3, -0.25) is 9.80 Å². The molecule has 0 saturated carbocycles. The number of amides is 1. The highest BCUT2D eigenvalue weighted by Crippen LogP contribution is 2.32. The summed E-state index contributed by atoms with van der Waals surface area (Å²) in [7, 11) is 0. The van der Waals surface area contributed by atoms with E-state index in [-0.39, 0.29) is 13.3 Å². The van der Waals surface area contributed by atoms with Gasteiger partial charge in [-0.1, -0.05) is 13.8 Å². The Bertz CT molecular complexity index is 532. The molecule has 2 aliphatic heterocycles. The Labute approximate surface area is 162 Å². The second kappa shape index (κ2) is 8.32. The fourth-order valence-electron chi connectivity index (χ4n) is 4.05. The summed E-state index contributed by atoms with van der Waals surface area (Å²) in [6.07, 6.45) is 1.47. The van der Waals surface area contributed by atoms with E-state index in [1.54, 1.807) is 41.5 Å². The fourth-order valence-corrected chi connectivity index (χ4v) is 4.05. The standard InChI is InChI=1S/C19H35N3O5/c1-7-22(17(25)27-18(4,5)6)19(13(2)3,16(23)24)26-12-21-14-8-9-15(21)11-20-10-14/h13-15,20H,7-12H2,1-6H3,(H,23,24)/t14-,15+,19-/m1/s1. The molecule has 2 fully saturated rings. The van der Waals surface area contributed by atoms with Gasteiger partial charge in [0, 0.05) is 37.6 Å². The number of carbonyl (C=O) groups excluding carboxylic acids is 1. The highest BCUT2D eigenvalue weighted by Gasteiger charge is 2.52. The molecule has 27 heavy (non-hydrogen) atoms. The molecule has 2 N–H and O–H groups in total. The lowest BCUT2D eigenvalue weighted by Gasteiger charge is -2.44. The third-order valence-electron chi connectivity index (χ3n) is 5.38. The Kier molecular flexibility index (Phi) is 6.76. The van der Waals surface area contributed by atoms with Crippen LogP contribution < -0.4 is 5.32 Å². The predicted octanol–water partition coefficient (Wildman–Crippen LogP) is 2.09. The zero-order valence-corrected chi connectivity index (χ0v) is 17.4. The van der Waals surface area contributed by atoms with E-state index < -0.39 is 29.3 Å². The summed E-state index contributed by atoms with van der Waals surface area (Å²) in [5.41, 5.74) is -2.50. The van der Waals surface area contributed by atoms with Gasteiger partial charge in [0.2, 0.25) is 5.72 Å². The van der Waals surface area contributed by atoms with Gasteiger partial charge in [0.05, 0.1) is 0 Å². The maximum absolute atomic E-state index is 12.8. The number of carboxylic acids is 1. The van der Waals surface area contributed by atoms with Crippen molar-refractivity contribution in [2.24, 2.45) is 5.92 Å². The smallest absolute Gasteiger partial charge is 0.413 e. The molecule has 0 aliphatic carbocycles. The molecule has 0 unspecified atom stereocenters. The summed E-state index contributed by atoms with van der Waals surface area (Å²) in [5, 5.41) is 13.5. The van der Waals surface area contributed by atoms with Crippen molar-refractivity contribution in [2.75, 3.05) is 26.4 Å². The van der Waals surface area contributed by atoms with E-state index in [4.69, 9.17) is 9.47 Å². The van der Waals surface area contributed by atoms with Crippen molar-refractivity contribution in [3.8, 4) is 0 Å². The molecule has 0 aromatic heterocycles. The number of hydrogen-bond acceptors (Lipinski definition) is 6. The van der Waals surface area contributed by atoms with Crippen LogP contribution in [-0.2, 0) is 14.3 Å². The molecule has 8 heteroatoms. The second-order valence-electron chi connectivity index (χ2n) is 8.71. The number of nitrogens with zero attached hydrogens (tertiary/aromatic N) is 2. The second-order valence-corrected chi connectivity index (χ2v) is 8.71. The van der Waals surface area contributed by atoms with Crippen LogP contribution in [0.3, 0.4) is 0 Å². The van der Waals surface area contributed by atoms with E-state index in [9.17, 15) is 14.7 Å². The van der Waals surface area contributed by atoms with Gasteiger partial charge in [0.25, 0.3) is 0 Å². The number of carboxylic acid groups (broad SMARTS) is 1. The first kappa shape index (κ1) is 21.9. The summed E-state index contributed by atoms with van der Waals surface area (Å²) in [4.78, 5) is 28.6. The molecule has 3 atom stereocenters. The molecule has 1 amide bonds. The van der Waals surface area contributed by atoms with Crippen LogP contribution in [0.2, 0.25) is 0 Å². The predicted molar refractivity (Wildman–Crippen MR) is 101 cm³/mol. The largest absolute Gasteiger partial charge is 0.478 e. The van der Waals surface area contributed by atoms with Gasteiger partial charge in [0.15, 0.2) is 0 Å². The summed E-state index contributed by atoms with van der Waals surface area (Å²) < 4.78 is 11.5. The van der Waals surface area contributed by atoms with Gasteiger partial charge in [-0.15, -0.1) is 0 Å². The van der Waals surface area contributed by atoms with E-state index in [2.05, 4.69) is 10.2 Å². The monoisotopic (exact) mass is 385 g/mol. The summed E-state index contributed by atoms with van der Waals surface area (Å²) in [5.74, 6) is -1.63. The molecular formula is C19H35N3O5.